The molecular formula is C18H19N3O4. The largest absolute Gasteiger partial charge is 0.379 e. The third-order valence-electron chi connectivity index (χ3n) is 3.75. The minimum Gasteiger partial charge on any atom is -0.379 e. The summed E-state index contributed by atoms with van der Waals surface area (Å²) in [6, 6.07) is 11.6. The van der Waals surface area contributed by atoms with Crippen LogP contribution in [0, 0.1) is 10.1 Å². The fourth-order valence-corrected chi connectivity index (χ4v) is 2.41. The van der Waals surface area contributed by atoms with Gasteiger partial charge in [-0.3, -0.25) is 19.7 Å². The Kier molecular flexibility index (Phi) is 5.84. The van der Waals surface area contributed by atoms with E-state index < -0.39 is 4.92 Å². The lowest BCUT2D eigenvalue weighted by Gasteiger charge is -2.09. The van der Waals surface area contributed by atoms with Crippen LogP contribution in [0.15, 0.2) is 42.5 Å². The number of anilines is 1. The van der Waals surface area contributed by atoms with Crippen molar-refractivity contribution in [1.29, 1.82) is 0 Å². The molecule has 0 bridgehead atoms. The number of hydrogen-bond acceptors (Lipinski definition) is 5. The zero-order valence-electron chi connectivity index (χ0n) is 14.0. The maximum absolute atomic E-state index is 11.6. The number of benzene rings is 2. The van der Waals surface area contributed by atoms with E-state index >= 15 is 0 Å². The van der Waals surface area contributed by atoms with E-state index in [0.29, 0.717) is 29.8 Å². The van der Waals surface area contributed by atoms with Gasteiger partial charge in [0.15, 0.2) is 5.78 Å². The molecule has 0 radical (unpaired) electrons. The topological polar surface area (TPSA) is 101 Å². The summed E-state index contributed by atoms with van der Waals surface area (Å²) < 4.78 is 0. The molecule has 0 saturated carbocycles. The molecule has 7 nitrogen and oxygen atoms in total. The van der Waals surface area contributed by atoms with E-state index in [1.807, 2.05) is 6.07 Å². The number of Topliss-reactive ketones (excluding diaryl/α,β-unsaturated/α-hetero) is 1. The third kappa shape index (κ3) is 4.63. The predicted molar refractivity (Wildman–Crippen MR) is 95.1 cm³/mol. The monoisotopic (exact) mass is 341 g/mol. The van der Waals surface area contributed by atoms with Crippen molar-refractivity contribution >= 4 is 23.1 Å². The van der Waals surface area contributed by atoms with Crippen molar-refractivity contribution in [2.24, 2.45) is 0 Å². The maximum atomic E-state index is 11.6. The molecule has 0 fully saturated rings. The number of amides is 1. The minimum absolute atomic E-state index is 0.133. The Balaban J connectivity index is 2.08. The van der Waals surface area contributed by atoms with Gasteiger partial charge in [-0.15, -0.1) is 0 Å². The molecule has 2 aromatic carbocycles. The van der Waals surface area contributed by atoms with Crippen molar-refractivity contribution < 1.29 is 14.5 Å². The van der Waals surface area contributed by atoms with Gasteiger partial charge in [0.2, 0.25) is 0 Å². The van der Waals surface area contributed by atoms with E-state index in [2.05, 4.69) is 10.6 Å². The molecule has 0 heterocycles. The number of nitro groups is 1. The summed E-state index contributed by atoms with van der Waals surface area (Å²) in [7, 11) is 1.57. The fourth-order valence-electron chi connectivity index (χ4n) is 2.41. The van der Waals surface area contributed by atoms with E-state index in [4.69, 9.17) is 0 Å². The van der Waals surface area contributed by atoms with Gasteiger partial charge in [0, 0.05) is 30.8 Å². The van der Waals surface area contributed by atoms with Crippen molar-refractivity contribution in [1.82, 2.24) is 5.32 Å². The van der Waals surface area contributed by atoms with Gasteiger partial charge in [0.1, 0.15) is 5.69 Å². The number of carbonyl (C=O) groups is 2. The van der Waals surface area contributed by atoms with Crippen LogP contribution in [0.4, 0.5) is 11.4 Å². The molecule has 2 aromatic rings. The summed E-state index contributed by atoms with van der Waals surface area (Å²) in [5, 5.41) is 16.8. The van der Waals surface area contributed by atoms with Crippen molar-refractivity contribution in [3.8, 4) is 0 Å². The van der Waals surface area contributed by atoms with Gasteiger partial charge in [-0.1, -0.05) is 12.1 Å². The number of carbonyl (C=O) groups excluding carboxylic acids is 2. The molecule has 0 aliphatic carbocycles. The van der Waals surface area contributed by atoms with Gasteiger partial charge in [-0.05, 0) is 43.2 Å². The second-order valence-corrected chi connectivity index (χ2v) is 5.50. The van der Waals surface area contributed by atoms with Gasteiger partial charge >= 0.3 is 0 Å². The molecular weight excluding hydrogens is 322 g/mol. The zero-order chi connectivity index (χ0) is 18.4. The SMILES string of the molecule is CNC(=O)c1cccc(CCNc2ccc(C(C)=O)cc2[N+](=O)[O-])c1. The van der Waals surface area contributed by atoms with E-state index in [1.54, 1.807) is 31.3 Å². The van der Waals surface area contributed by atoms with Crippen LogP contribution in [-0.2, 0) is 6.42 Å². The Morgan fingerprint density at radius 1 is 1.12 bits per heavy atom. The first kappa shape index (κ1) is 18.1. The smallest absolute Gasteiger partial charge is 0.293 e. The zero-order valence-corrected chi connectivity index (χ0v) is 14.0. The van der Waals surface area contributed by atoms with Crippen molar-refractivity contribution in [3.63, 3.8) is 0 Å². The maximum Gasteiger partial charge on any atom is 0.293 e. The molecule has 130 valence electrons. The standard InChI is InChI=1S/C18H19N3O4/c1-12(22)14-6-7-16(17(11-14)21(24)25)20-9-8-13-4-3-5-15(10-13)18(23)19-2/h3-7,10-11,20H,8-9H2,1-2H3,(H,19,23). The fraction of sp³-hybridized carbons (Fsp3) is 0.222. The highest BCUT2D eigenvalue weighted by atomic mass is 16.6. The second-order valence-electron chi connectivity index (χ2n) is 5.50. The van der Waals surface area contributed by atoms with E-state index in [9.17, 15) is 19.7 Å². The van der Waals surface area contributed by atoms with Crippen molar-refractivity contribution in [2.45, 2.75) is 13.3 Å². The summed E-state index contributed by atoms with van der Waals surface area (Å²) in [6.07, 6.45) is 0.594. The molecule has 0 atom stereocenters. The number of nitrogens with one attached hydrogen (secondary N) is 2. The Morgan fingerprint density at radius 2 is 1.88 bits per heavy atom. The molecule has 0 spiro atoms. The van der Waals surface area contributed by atoms with Gasteiger partial charge in [0.05, 0.1) is 4.92 Å². The van der Waals surface area contributed by atoms with Crippen LogP contribution in [0.25, 0.3) is 0 Å². The molecule has 2 N–H and O–H groups in total. The summed E-state index contributed by atoms with van der Waals surface area (Å²) in [5.74, 6) is -0.383. The molecule has 0 saturated heterocycles. The Morgan fingerprint density at radius 3 is 2.52 bits per heavy atom. The predicted octanol–water partition coefficient (Wildman–Crippen LogP) is 2.81. The molecule has 1 amide bonds. The molecule has 0 aliphatic rings. The first-order valence-electron chi connectivity index (χ1n) is 7.76. The first-order valence-corrected chi connectivity index (χ1v) is 7.76. The number of nitro benzene ring substituents is 1. The average molecular weight is 341 g/mol. The van der Waals surface area contributed by atoms with Gasteiger partial charge in [-0.25, -0.2) is 0 Å². The second kappa shape index (κ2) is 8.05. The number of hydrogen-bond donors (Lipinski definition) is 2. The summed E-state index contributed by atoms with van der Waals surface area (Å²) in [4.78, 5) is 33.7. The van der Waals surface area contributed by atoms with E-state index in [1.165, 1.54) is 19.1 Å². The van der Waals surface area contributed by atoms with Crippen LogP contribution in [-0.4, -0.2) is 30.2 Å². The van der Waals surface area contributed by atoms with Gasteiger partial charge in [0.25, 0.3) is 11.6 Å². The highest BCUT2D eigenvalue weighted by molar-refractivity contribution is 5.95. The van der Waals surface area contributed by atoms with Crippen LogP contribution in [0.1, 0.15) is 33.2 Å². The Bertz CT molecular complexity index is 818. The normalized spacial score (nSPS) is 10.2. The molecule has 25 heavy (non-hydrogen) atoms. The minimum atomic E-state index is -0.513. The van der Waals surface area contributed by atoms with E-state index in [-0.39, 0.29) is 17.4 Å². The first-order chi connectivity index (χ1) is 11.9. The van der Waals surface area contributed by atoms with Crippen LogP contribution in [0.3, 0.4) is 0 Å². The number of nitrogens with zero attached hydrogens (tertiary/aromatic N) is 1. The molecule has 2 rings (SSSR count). The van der Waals surface area contributed by atoms with Gasteiger partial charge < -0.3 is 10.6 Å². The molecule has 0 unspecified atom stereocenters. The quantitative estimate of drug-likeness (QED) is 0.458. The van der Waals surface area contributed by atoms with E-state index in [0.717, 1.165) is 5.56 Å². The highest BCUT2D eigenvalue weighted by Crippen LogP contribution is 2.25. The third-order valence-corrected chi connectivity index (χ3v) is 3.75. The lowest BCUT2D eigenvalue weighted by molar-refractivity contribution is -0.384. The summed E-state index contributed by atoms with van der Waals surface area (Å²) in [5.41, 5.74) is 2.04. The lowest BCUT2D eigenvalue weighted by Crippen LogP contribution is -2.18. The van der Waals surface area contributed by atoms with Crippen LogP contribution >= 0.6 is 0 Å². The Hall–Kier alpha value is -3.22. The van der Waals surface area contributed by atoms with Crippen molar-refractivity contribution in [2.75, 3.05) is 18.9 Å². The highest BCUT2D eigenvalue weighted by Gasteiger charge is 2.15. The molecule has 7 heteroatoms. The lowest BCUT2D eigenvalue weighted by atomic mass is 10.1. The van der Waals surface area contributed by atoms with Crippen LogP contribution in [0.2, 0.25) is 0 Å². The van der Waals surface area contributed by atoms with Gasteiger partial charge in [-0.2, -0.15) is 0 Å². The Labute approximate surface area is 145 Å². The average Bonchev–Trinajstić information content (AvgIpc) is 2.61. The van der Waals surface area contributed by atoms with Crippen LogP contribution < -0.4 is 10.6 Å². The van der Waals surface area contributed by atoms with Crippen LogP contribution in [0.5, 0.6) is 0 Å². The summed E-state index contributed by atoms with van der Waals surface area (Å²) in [6.45, 7) is 1.82. The molecule has 0 aromatic heterocycles. The summed E-state index contributed by atoms with van der Waals surface area (Å²) >= 11 is 0. The molecule has 0 aliphatic heterocycles. The number of rotatable bonds is 7. The number of ketones is 1. The van der Waals surface area contributed by atoms with Crippen molar-refractivity contribution in [3.05, 3.63) is 69.3 Å².